The van der Waals surface area contributed by atoms with Crippen LogP contribution in [0.4, 0.5) is 0 Å². The van der Waals surface area contributed by atoms with E-state index in [0.717, 1.165) is 5.57 Å². The number of ketones is 1. The van der Waals surface area contributed by atoms with E-state index in [-0.39, 0.29) is 36.4 Å². The van der Waals surface area contributed by atoms with Crippen molar-refractivity contribution in [1.29, 1.82) is 0 Å². The smallest absolute Gasteiger partial charge is 0.336 e. The van der Waals surface area contributed by atoms with Gasteiger partial charge < -0.3 is 24.8 Å². The van der Waals surface area contributed by atoms with E-state index in [1.165, 1.54) is 0 Å². The van der Waals surface area contributed by atoms with Gasteiger partial charge in [-0.1, -0.05) is 32.4 Å². The summed E-state index contributed by atoms with van der Waals surface area (Å²) in [6, 6.07) is 0. The molecule has 4 aliphatic carbocycles. The fourth-order valence-corrected chi connectivity index (χ4v) is 9.97. The Morgan fingerprint density at radius 2 is 1.83 bits per heavy atom. The summed E-state index contributed by atoms with van der Waals surface area (Å²) in [7, 11) is 0. The Morgan fingerprint density at radius 1 is 1.14 bits per heavy atom. The number of allylic oxidation sites excluding steroid dienone is 2. The number of ether oxygens (including phenoxy) is 2. The van der Waals surface area contributed by atoms with Gasteiger partial charge in [0.25, 0.3) is 0 Å². The molecule has 2 heterocycles. The van der Waals surface area contributed by atoms with Crippen molar-refractivity contribution in [2.24, 2.45) is 34.5 Å². The van der Waals surface area contributed by atoms with E-state index >= 15 is 0 Å². The lowest BCUT2D eigenvalue weighted by atomic mass is 9.41. The quantitative estimate of drug-likeness (QED) is 0.331. The Labute approximate surface area is 216 Å². The zero-order chi connectivity index (χ0) is 26.3. The lowest BCUT2D eigenvalue weighted by Crippen LogP contribution is -2.79. The standard InChI is InChI=1S/C28H37ClO7/c1-14-12-27(35-22(32)15(14)2)16(3)26(33)10-8-18-17-11-21(31)25(29)9-6-7-20(30)23(25,4)19(17)13-28(34,36-27)24(18,26)5/h6-7,16-19,21,31,33-34H,8-13H2,1-5H3/t16-,17-,18-,19-,21+,23-,24-,25-,26+,27+,28-/m0/s1. The second-order valence-electron chi connectivity index (χ2n) is 12.9. The molecular formula is C28H37ClO7. The van der Waals surface area contributed by atoms with Crippen molar-refractivity contribution in [3.63, 3.8) is 0 Å². The van der Waals surface area contributed by atoms with Crippen LogP contribution < -0.4 is 0 Å². The molecule has 198 valence electrons. The Kier molecular flexibility index (Phi) is 4.89. The number of hydrogen-bond donors (Lipinski definition) is 3. The highest BCUT2D eigenvalue weighted by atomic mass is 35.5. The maximum Gasteiger partial charge on any atom is 0.336 e. The van der Waals surface area contributed by atoms with Crippen molar-refractivity contribution < 1.29 is 34.4 Å². The summed E-state index contributed by atoms with van der Waals surface area (Å²) >= 11 is 7.12. The Morgan fingerprint density at radius 3 is 2.50 bits per heavy atom. The Balaban J connectivity index is 1.52. The predicted octanol–water partition coefficient (Wildman–Crippen LogP) is 3.38. The number of aliphatic hydroxyl groups is 3. The molecule has 4 fully saturated rings. The number of rotatable bonds is 0. The number of hydrogen-bond acceptors (Lipinski definition) is 7. The molecule has 6 aliphatic rings. The number of alkyl halides is 1. The van der Waals surface area contributed by atoms with Crippen LogP contribution in [0.25, 0.3) is 0 Å². The monoisotopic (exact) mass is 520 g/mol. The van der Waals surface area contributed by atoms with Gasteiger partial charge in [-0.3, -0.25) is 4.79 Å². The number of aliphatic hydroxyl groups excluding tert-OH is 1. The van der Waals surface area contributed by atoms with Crippen LogP contribution in [0.15, 0.2) is 23.3 Å². The van der Waals surface area contributed by atoms with Crippen LogP contribution in [0, 0.1) is 34.5 Å². The number of carbonyl (C=O) groups is 2. The molecule has 0 aromatic heterocycles. The minimum absolute atomic E-state index is 0.0536. The third kappa shape index (κ3) is 2.46. The molecule has 36 heavy (non-hydrogen) atoms. The first-order valence-corrected chi connectivity index (χ1v) is 13.6. The second-order valence-corrected chi connectivity index (χ2v) is 13.6. The summed E-state index contributed by atoms with van der Waals surface area (Å²) in [4.78, 5) is 25.2. The summed E-state index contributed by atoms with van der Waals surface area (Å²) in [6.45, 7) is 9.09. The van der Waals surface area contributed by atoms with Gasteiger partial charge in [-0.15, -0.1) is 11.6 Å². The minimum atomic E-state index is -1.87. The molecule has 11 atom stereocenters. The zero-order valence-corrected chi connectivity index (χ0v) is 22.4. The third-order valence-electron chi connectivity index (χ3n) is 12.1. The van der Waals surface area contributed by atoms with Crippen molar-refractivity contribution in [3.8, 4) is 0 Å². The van der Waals surface area contributed by atoms with Gasteiger partial charge in [-0.25, -0.2) is 4.79 Å². The van der Waals surface area contributed by atoms with Gasteiger partial charge in [-0.05, 0) is 63.4 Å². The highest BCUT2D eigenvalue weighted by molar-refractivity contribution is 6.28. The molecule has 0 unspecified atom stereocenters. The van der Waals surface area contributed by atoms with E-state index in [9.17, 15) is 24.9 Å². The summed E-state index contributed by atoms with van der Waals surface area (Å²) in [5.74, 6) is -5.38. The van der Waals surface area contributed by atoms with E-state index < -0.39 is 50.9 Å². The number of halogens is 1. The molecule has 0 aromatic rings. The van der Waals surface area contributed by atoms with Gasteiger partial charge in [0, 0.05) is 18.4 Å². The van der Waals surface area contributed by atoms with Gasteiger partial charge in [-0.2, -0.15) is 0 Å². The molecule has 1 saturated heterocycles. The summed E-state index contributed by atoms with van der Waals surface area (Å²) in [5, 5.41) is 36.3. The fraction of sp³-hybridized carbons (Fsp3) is 0.786. The first-order valence-electron chi connectivity index (χ1n) is 13.2. The van der Waals surface area contributed by atoms with Crippen LogP contribution in [0.1, 0.15) is 73.1 Å². The van der Waals surface area contributed by atoms with E-state index in [1.54, 1.807) is 19.1 Å². The number of carbonyl (C=O) groups excluding carboxylic acids is 2. The molecule has 2 aliphatic heterocycles. The number of fused-ring (bicyclic) bond motifs is 4. The molecule has 0 amide bonds. The SMILES string of the molecule is CC1=C(C)C(=O)O[C@]2(C1)O[C@@]1(O)C[C@H]3[C@@H](C[C@@H](O)[C@@]4(Cl)CC=CC(=O)[C@]34C)[C@@H]3CC[C@@](O)([C@@H]2C)[C@]31C. The lowest BCUT2D eigenvalue weighted by molar-refractivity contribution is -0.471. The summed E-state index contributed by atoms with van der Waals surface area (Å²) in [6.07, 6.45) is 4.43. The molecule has 7 nitrogen and oxygen atoms in total. The molecule has 0 bridgehead atoms. The lowest BCUT2D eigenvalue weighted by Gasteiger charge is -2.71. The largest absolute Gasteiger partial charge is 0.429 e. The van der Waals surface area contributed by atoms with Crippen LogP contribution in [0.5, 0.6) is 0 Å². The first-order chi connectivity index (χ1) is 16.6. The molecule has 0 radical (unpaired) electrons. The molecule has 0 aromatic carbocycles. The summed E-state index contributed by atoms with van der Waals surface area (Å²) in [5.41, 5.74) is -2.27. The molecular weight excluding hydrogens is 484 g/mol. The minimum Gasteiger partial charge on any atom is -0.429 e. The Hall–Kier alpha value is -1.25. The van der Waals surface area contributed by atoms with E-state index in [1.807, 2.05) is 27.7 Å². The highest BCUT2D eigenvalue weighted by Gasteiger charge is 2.82. The third-order valence-corrected chi connectivity index (χ3v) is 12.9. The fourth-order valence-electron chi connectivity index (χ4n) is 9.56. The van der Waals surface area contributed by atoms with Gasteiger partial charge in [0.1, 0.15) is 0 Å². The van der Waals surface area contributed by atoms with Crippen molar-refractivity contribution in [2.75, 3.05) is 0 Å². The molecule has 1 spiro atoms. The molecule has 8 heteroatoms. The van der Waals surface area contributed by atoms with Crippen LogP contribution in [-0.2, 0) is 19.1 Å². The highest BCUT2D eigenvalue weighted by Crippen LogP contribution is 2.75. The normalized spacial score (nSPS) is 57.9. The van der Waals surface area contributed by atoms with Gasteiger partial charge in [0.05, 0.1) is 33.3 Å². The van der Waals surface area contributed by atoms with Crippen molar-refractivity contribution in [3.05, 3.63) is 23.3 Å². The average Bonchev–Trinajstić information content (AvgIpc) is 3.09. The van der Waals surface area contributed by atoms with E-state index in [0.29, 0.717) is 31.3 Å². The topological polar surface area (TPSA) is 113 Å². The van der Waals surface area contributed by atoms with E-state index in [4.69, 9.17) is 21.1 Å². The Bertz CT molecular complexity index is 1130. The van der Waals surface area contributed by atoms with Crippen molar-refractivity contribution in [2.45, 2.75) is 101 Å². The van der Waals surface area contributed by atoms with Crippen LogP contribution in [-0.4, -0.2) is 55.2 Å². The van der Waals surface area contributed by atoms with Gasteiger partial charge in [0.15, 0.2) is 11.6 Å². The average molecular weight is 521 g/mol. The predicted molar refractivity (Wildman–Crippen MR) is 130 cm³/mol. The zero-order valence-electron chi connectivity index (χ0n) is 21.6. The summed E-state index contributed by atoms with van der Waals surface area (Å²) < 4.78 is 12.5. The van der Waals surface area contributed by atoms with Crippen LogP contribution in [0.3, 0.4) is 0 Å². The van der Waals surface area contributed by atoms with Crippen LogP contribution >= 0.6 is 11.6 Å². The van der Waals surface area contributed by atoms with Crippen molar-refractivity contribution >= 4 is 23.4 Å². The van der Waals surface area contributed by atoms with E-state index in [2.05, 4.69) is 0 Å². The second kappa shape index (κ2) is 7.03. The molecule has 3 saturated carbocycles. The molecule has 6 rings (SSSR count). The number of esters is 1. The van der Waals surface area contributed by atoms with Crippen LogP contribution in [0.2, 0.25) is 0 Å². The molecule has 3 N–H and O–H groups in total. The first kappa shape index (κ1) is 25.1. The van der Waals surface area contributed by atoms with Gasteiger partial charge >= 0.3 is 5.97 Å². The van der Waals surface area contributed by atoms with Gasteiger partial charge in [0.2, 0.25) is 5.79 Å². The maximum atomic E-state index is 13.5. The maximum absolute atomic E-state index is 13.5. The van der Waals surface area contributed by atoms with Crippen molar-refractivity contribution in [1.82, 2.24) is 0 Å².